The zero-order valence-corrected chi connectivity index (χ0v) is 13.4. The van der Waals surface area contributed by atoms with E-state index in [1.165, 1.54) is 0 Å². The maximum absolute atomic E-state index is 8.83. The molecular formula is C22H14N2O. The summed E-state index contributed by atoms with van der Waals surface area (Å²) in [6, 6.07) is 25.7. The second-order valence-electron chi connectivity index (χ2n) is 5.67. The molecule has 0 radical (unpaired) electrons. The first-order valence-electron chi connectivity index (χ1n) is 7.96. The predicted octanol–water partition coefficient (Wildman–Crippen LogP) is 5.54. The number of nitriles is 1. The molecule has 0 saturated carbocycles. The monoisotopic (exact) mass is 322 g/mol. The molecule has 3 heteroatoms. The Morgan fingerprint density at radius 2 is 1.64 bits per heavy atom. The van der Waals surface area contributed by atoms with Gasteiger partial charge in [0.25, 0.3) is 0 Å². The SMILES string of the molecule is N#Cc1ccc(/C=C/c2nc3cc(-c4ccccc4)ccc3o2)cc1. The molecule has 0 unspecified atom stereocenters. The summed E-state index contributed by atoms with van der Waals surface area (Å²) in [6.07, 6.45) is 3.76. The molecule has 0 N–H and O–H groups in total. The van der Waals surface area contributed by atoms with Gasteiger partial charge in [0.05, 0.1) is 11.6 Å². The maximum atomic E-state index is 8.83. The third kappa shape index (κ3) is 3.19. The predicted molar refractivity (Wildman–Crippen MR) is 99.5 cm³/mol. The molecule has 1 heterocycles. The first-order valence-corrected chi connectivity index (χ1v) is 7.96. The summed E-state index contributed by atoms with van der Waals surface area (Å²) in [5.74, 6) is 0.560. The van der Waals surface area contributed by atoms with E-state index in [1.54, 1.807) is 12.1 Å². The van der Waals surface area contributed by atoms with E-state index in [-0.39, 0.29) is 0 Å². The quantitative estimate of drug-likeness (QED) is 0.498. The van der Waals surface area contributed by atoms with Crippen LogP contribution in [0, 0.1) is 11.3 Å². The largest absolute Gasteiger partial charge is 0.437 e. The van der Waals surface area contributed by atoms with Crippen LogP contribution >= 0.6 is 0 Å². The molecule has 25 heavy (non-hydrogen) atoms. The van der Waals surface area contributed by atoms with Gasteiger partial charge in [-0.25, -0.2) is 4.98 Å². The van der Waals surface area contributed by atoms with Crippen LogP contribution in [0.25, 0.3) is 34.4 Å². The molecule has 0 bridgehead atoms. The van der Waals surface area contributed by atoms with Crippen LogP contribution in [0.5, 0.6) is 0 Å². The molecule has 0 aliphatic rings. The van der Waals surface area contributed by atoms with Gasteiger partial charge in [0.15, 0.2) is 5.58 Å². The number of hydrogen-bond donors (Lipinski definition) is 0. The topological polar surface area (TPSA) is 49.8 Å². The molecule has 0 spiro atoms. The highest BCUT2D eigenvalue weighted by Crippen LogP contribution is 2.25. The van der Waals surface area contributed by atoms with Gasteiger partial charge >= 0.3 is 0 Å². The molecule has 3 nitrogen and oxygen atoms in total. The van der Waals surface area contributed by atoms with Crippen molar-refractivity contribution in [2.24, 2.45) is 0 Å². The number of aromatic nitrogens is 1. The Morgan fingerprint density at radius 3 is 2.40 bits per heavy atom. The molecule has 4 rings (SSSR count). The van der Waals surface area contributed by atoms with Crippen LogP contribution in [0.1, 0.15) is 17.0 Å². The van der Waals surface area contributed by atoms with Crippen molar-refractivity contribution >= 4 is 23.3 Å². The minimum absolute atomic E-state index is 0.560. The molecule has 1 aromatic heterocycles. The fourth-order valence-corrected chi connectivity index (χ4v) is 2.66. The van der Waals surface area contributed by atoms with Crippen LogP contribution in [0.4, 0.5) is 0 Å². The first-order chi connectivity index (χ1) is 12.3. The second kappa shape index (κ2) is 6.46. The standard InChI is InChI=1S/C22H14N2O/c23-15-17-8-6-16(7-9-17)10-13-22-24-20-14-19(11-12-21(20)25-22)18-4-2-1-3-5-18/h1-14H/b13-10+. The molecule has 0 amide bonds. The highest BCUT2D eigenvalue weighted by Gasteiger charge is 2.05. The maximum Gasteiger partial charge on any atom is 0.220 e. The number of fused-ring (bicyclic) bond motifs is 1. The summed E-state index contributed by atoms with van der Waals surface area (Å²) in [6.45, 7) is 0. The van der Waals surface area contributed by atoms with Gasteiger partial charge in [0.1, 0.15) is 5.52 Å². The van der Waals surface area contributed by atoms with Gasteiger partial charge in [0, 0.05) is 6.08 Å². The molecule has 118 valence electrons. The molecule has 0 atom stereocenters. The van der Waals surface area contributed by atoms with E-state index in [4.69, 9.17) is 9.68 Å². The third-order valence-electron chi connectivity index (χ3n) is 3.97. The van der Waals surface area contributed by atoms with Crippen molar-refractivity contribution in [3.8, 4) is 17.2 Å². The summed E-state index contributed by atoms with van der Waals surface area (Å²) in [7, 11) is 0. The van der Waals surface area contributed by atoms with Crippen LogP contribution < -0.4 is 0 Å². The Kier molecular flexibility index (Phi) is 3.86. The number of oxazole rings is 1. The van der Waals surface area contributed by atoms with Crippen LogP contribution in [-0.4, -0.2) is 4.98 Å². The summed E-state index contributed by atoms with van der Waals surface area (Å²) >= 11 is 0. The average molecular weight is 322 g/mol. The zero-order chi connectivity index (χ0) is 17.1. The lowest BCUT2D eigenvalue weighted by Crippen LogP contribution is -1.77. The summed E-state index contributed by atoms with van der Waals surface area (Å²) in [4.78, 5) is 4.54. The zero-order valence-electron chi connectivity index (χ0n) is 13.4. The van der Waals surface area contributed by atoms with Gasteiger partial charge in [-0.1, -0.05) is 48.5 Å². The normalized spacial score (nSPS) is 11.0. The smallest absolute Gasteiger partial charge is 0.220 e. The van der Waals surface area contributed by atoms with Gasteiger partial charge in [0.2, 0.25) is 5.89 Å². The van der Waals surface area contributed by atoms with Crippen molar-refractivity contribution < 1.29 is 4.42 Å². The van der Waals surface area contributed by atoms with Gasteiger partial charge in [-0.05, 0) is 47.0 Å². The number of hydrogen-bond acceptors (Lipinski definition) is 3. The van der Waals surface area contributed by atoms with Crippen molar-refractivity contribution in [3.05, 3.63) is 89.8 Å². The lowest BCUT2D eigenvalue weighted by Gasteiger charge is -1.99. The van der Waals surface area contributed by atoms with Gasteiger partial charge < -0.3 is 4.42 Å². The Balaban J connectivity index is 1.62. The van der Waals surface area contributed by atoms with Crippen molar-refractivity contribution in [2.75, 3.05) is 0 Å². The Morgan fingerprint density at radius 1 is 0.840 bits per heavy atom. The molecule has 0 aliphatic carbocycles. The van der Waals surface area contributed by atoms with E-state index in [9.17, 15) is 0 Å². The highest BCUT2D eigenvalue weighted by molar-refractivity contribution is 5.82. The van der Waals surface area contributed by atoms with Gasteiger partial charge in [-0.2, -0.15) is 5.26 Å². The van der Waals surface area contributed by atoms with Crippen LogP contribution in [0.3, 0.4) is 0 Å². The highest BCUT2D eigenvalue weighted by atomic mass is 16.3. The molecule has 0 aliphatic heterocycles. The Hall–Kier alpha value is -3.64. The Labute approximate surface area is 145 Å². The van der Waals surface area contributed by atoms with E-state index in [1.807, 2.05) is 60.7 Å². The van der Waals surface area contributed by atoms with Crippen LogP contribution in [-0.2, 0) is 0 Å². The second-order valence-corrected chi connectivity index (χ2v) is 5.67. The minimum atomic E-state index is 0.560. The van der Waals surface area contributed by atoms with Crippen molar-refractivity contribution in [1.82, 2.24) is 4.98 Å². The first kappa shape index (κ1) is 14.9. The van der Waals surface area contributed by atoms with Crippen molar-refractivity contribution in [3.63, 3.8) is 0 Å². The number of nitrogens with zero attached hydrogens (tertiary/aromatic N) is 2. The van der Waals surface area contributed by atoms with E-state index in [0.29, 0.717) is 11.5 Å². The fourth-order valence-electron chi connectivity index (χ4n) is 2.66. The van der Waals surface area contributed by atoms with Gasteiger partial charge in [-0.3, -0.25) is 0 Å². The van der Waals surface area contributed by atoms with E-state index in [0.717, 1.165) is 27.8 Å². The van der Waals surface area contributed by atoms with E-state index in [2.05, 4.69) is 23.2 Å². The van der Waals surface area contributed by atoms with Crippen molar-refractivity contribution in [1.29, 1.82) is 5.26 Å². The summed E-state index contributed by atoms with van der Waals surface area (Å²) in [5, 5.41) is 8.83. The molecule has 4 aromatic rings. The third-order valence-corrected chi connectivity index (χ3v) is 3.97. The van der Waals surface area contributed by atoms with Gasteiger partial charge in [-0.15, -0.1) is 0 Å². The van der Waals surface area contributed by atoms with Crippen molar-refractivity contribution in [2.45, 2.75) is 0 Å². The summed E-state index contributed by atoms with van der Waals surface area (Å²) in [5.41, 5.74) is 5.50. The summed E-state index contributed by atoms with van der Waals surface area (Å²) < 4.78 is 5.78. The molecule has 0 fully saturated rings. The molecule has 0 saturated heterocycles. The lowest BCUT2D eigenvalue weighted by molar-refractivity contribution is 0.590. The minimum Gasteiger partial charge on any atom is -0.437 e. The van der Waals surface area contributed by atoms with Crippen LogP contribution in [0.2, 0.25) is 0 Å². The van der Waals surface area contributed by atoms with Crippen LogP contribution in [0.15, 0.2) is 77.2 Å². The average Bonchev–Trinajstić information content (AvgIpc) is 3.09. The molecular weight excluding hydrogens is 308 g/mol. The lowest BCUT2D eigenvalue weighted by atomic mass is 10.1. The Bertz CT molecular complexity index is 1080. The number of rotatable bonds is 3. The molecule has 3 aromatic carbocycles. The fraction of sp³-hybridized carbons (Fsp3) is 0. The van der Waals surface area contributed by atoms with E-state index >= 15 is 0 Å². The van der Waals surface area contributed by atoms with E-state index < -0.39 is 0 Å². The number of benzene rings is 3.